The molecule has 0 radical (unpaired) electrons. The van der Waals surface area contributed by atoms with Crippen LogP contribution in [0.2, 0.25) is 0 Å². The Morgan fingerprint density at radius 1 is 0.582 bits per heavy atom. The summed E-state index contributed by atoms with van der Waals surface area (Å²) < 4.78 is 32.5. The van der Waals surface area contributed by atoms with Gasteiger partial charge in [-0.05, 0) is 37.8 Å². The molecule has 2 aromatic heterocycles. The van der Waals surface area contributed by atoms with Gasteiger partial charge in [0, 0.05) is 49.2 Å². The zero-order valence-corrected chi connectivity index (χ0v) is 40.8. The van der Waals surface area contributed by atoms with Crippen LogP contribution in [0.5, 0.6) is 23.0 Å². The summed E-state index contributed by atoms with van der Waals surface area (Å²) in [5.41, 5.74) is 2.16. The average molecular weight is 927 g/mol. The van der Waals surface area contributed by atoms with Crippen LogP contribution in [0, 0.1) is 17.8 Å². The quantitative estimate of drug-likeness (QED) is 0.0271. The molecule has 2 aromatic carbocycles. The van der Waals surface area contributed by atoms with E-state index >= 15 is 0 Å². The minimum atomic E-state index is -0.697. The number of methoxy groups -OCH3 is 2. The van der Waals surface area contributed by atoms with Crippen molar-refractivity contribution in [2.45, 2.75) is 131 Å². The summed E-state index contributed by atoms with van der Waals surface area (Å²) in [6.07, 6.45) is 7.90. The first-order valence-corrected chi connectivity index (χ1v) is 23.2. The molecule has 4 aromatic rings. The maximum absolute atomic E-state index is 13.1. The number of benzene rings is 2. The first kappa shape index (κ1) is 55.0. The lowest BCUT2D eigenvalue weighted by atomic mass is 9.89. The molecule has 364 valence electrons. The van der Waals surface area contributed by atoms with E-state index in [2.05, 4.69) is 35.9 Å². The van der Waals surface area contributed by atoms with E-state index in [-0.39, 0.29) is 77.2 Å². The molecule has 14 heteroatoms. The number of carbonyl (C=O) groups excluding carboxylic acids is 5. The third kappa shape index (κ3) is 17.1. The van der Waals surface area contributed by atoms with Gasteiger partial charge in [-0.25, -0.2) is 9.97 Å². The van der Waals surface area contributed by atoms with Crippen LogP contribution in [0.1, 0.15) is 151 Å². The lowest BCUT2D eigenvalue weighted by molar-refractivity contribution is -0.155. The molecule has 0 saturated heterocycles. The first-order chi connectivity index (χ1) is 32.1. The van der Waals surface area contributed by atoms with Gasteiger partial charge in [0.15, 0.2) is 46.0 Å². The summed E-state index contributed by atoms with van der Waals surface area (Å²) in [5, 5.41) is 10.1. The van der Waals surface area contributed by atoms with E-state index < -0.39 is 48.1 Å². The smallest absolute Gasteiger partial charge is 0.311 e. The highest BCUT2D eigenvalue weighted by molar-refractivity contribution is 6.00. The summed E-state index contributed by atoms with van der Waals surface area (Å²) in [6.45, 7) is 14.4. The van der Waals surface area contributed by atoms with E-state index in [4.69, 9.17) is 28.4 Å². The zero-order chi connectivity index (χ0) is 49.5. The highest BCUT2D eigenvalue weighted by Crippen LogP contribution is 2.33. The standard InChI is InChI=1S/C29H39NO7.C24H31NO5/c1-7-8-14-23(22-12-10-9-11-13-22)21(5)37-29(33)20(4)17-24(31)26-27(25(34-6)15-16-30-26)35-18-36-28(32)19(2)3;1-5-6-12-19(18-10-8-7-9-11-18)17(3)30-24(28)16(2)15-20(26)22-23(27)21(29-4)13-14-25-22/h9-13,15-16,19-21,23H,7-8,14,17-18H2,1-6H3;7-11,13-14,16-17,19,27H,5-6,12,15H2,1-4H3/t20-,21+,23+;16-,17+,19+/m11/s1. The van der Waals surface area contributed by atoms with Gasteiger partial charge in [0.05, 0.1) is 32.0 Å². The number of Topliss-reactive ketones (excluding diaryl/α,β-unsaturated/α-hetero) is 2. The molecule has 0 aliphatic heterocycles. The molecule has 0 bridgehead atoms. The van der Waals surface area contributed by atoms with Gasteiger partial charge in [0.25, 0.3) is 0 Å². The lowest BCUT2D eigenvalue weighted by Crippen LogP contribution is -2.27. The molecular weight excluding hydrogens is 857 g/mol. The second-order valence-electron chi connectivity index (χ2n) is 16.9. The molecule has 0 unspecified atom stereocenters. The van der Waals surface area contributed by atoms with Gasteiger partial charge < -0.3 is 33.5 Å². The Morgan fingerprint density at radius 2 is 1.01 bits per heavy atom. The van der Waals surface area contributed by atoms with Gasteiger partial charge in [0.1, 0.15) is 12.2 Å². The third-order valence-corrected chi connectivity index (χ3v) is 11.3. The topological polar surface area (TPSA) is 187 Å². The van der Waals surface area contributed by atoms with Crippen LogP contribution in [-0.4, -0.2) is 77.8 Å². The number of pyridine rings is 2. The van der Waals surface area contributed by atoms with Gasteiger partial charge in [-0.1, -0.05) is 128 Å². The summed E-state index contributed by atoms with van der Waals surface area (Å²) in [4.78, 5) is 71.1. The largest absolute Gasteiger partial charge is 0.503 e. The molecule has 4 rings (SSSR count). The monoisotopic (exact) mass is 926 g/mol. The molecule has 0 aliphatic rings. The number of aromatic nitrogens is 2. The van der Waals surface area contributed by atoms with Gasteiger partial charge in [0.2, 0.25) is 6.79 Å². The second-order valence-corrected chi connectivity index (χ2v) is 16.9. The van der Waals surface area contributed by atoms with Crippen molar-refractivity contribution in [2.24, 2.45) is 17.8 Å². The highest BCUT2D eigenvalue weighted by Gasteiger charge is 2.30. The van der Waals surface area contributed by atoms with Gasteiger partial charge in [-0.3, -0.25) is 24.0 Å². The normalized spacial score (nSPS) is 13.6. The fourth-order valence-electron chi connectivity index (χ4n) is 7.32. The van der Waals surface area contributed by atoms with Crippen molar-refractivity contribution in [3.8, 4) is 23.0 Å². The molecular formula is C53H70N2O12. The van der Waals surface area contributed by atoms with Crippen molar-refractivity contribution in [3.05, 3.63) is 108 Å². The number of rotatable bonds is 26. The highest BCUT2D eigenvalue weighted by atomic mass is 16.7. The van der Waals surface area contributed by atoms with E-state index in [1.54, 1.807) is 27.7 Å². The zero-order valence-electron chi connectivity index (χ0n) is 40.8. The summed E-state index contributed by atoms with van der Waals surface area (Å²) in [5.74, 6) is -3.50. The number of aromatic hydroxyl groups is 1. The number of unbranched alkanes of at least 4 members (excludes halogenated alkanes) is 2. The molecule has 0 amide bonds. The van der Waals surface area contributed by atoms with Gasteiger partial charge >= 0.3 is 17.9 Å². The molecule has 14 nitrogen and oxygen atoms in total. The Kier molecular flexibility index (Phi) is 23.5. The number of hydrogen-bond donors (Lipinski definition) is 1. The van der Waals surface area contributed by atoms with Crippen LogP contribution in [-0.2, 0) is 28.6 Å². The van der Waals surface area contributed by atoms with Gasteiger partial charge in [-0.15, -0.1) is 0 Å². The maximum atomic E-state index is 13.1. The van der Waals surface area contributed by atoms with E-state index in [9.17, 15) is 29.1 Å². The van der Waals surface area contributed by atoms with Crippen molar-refractivity contribution in [2.75, 3.05) is 21.0 Å². The Labute approximate surface area is 396 Å². The third-order valence-electron chi connectivity index (χ3n) is 11.3. The van der Waals surface area contributed by atoms with Crippen molar-refractivity contribution in [1.29, 1.82) is 0 Å². The number of carbonyl (C=O) groups is 5. The van der Waals surface area contributed by atoms with Crippen molar-refractivity contribution in [3.63, 3.8) is 0 Å². The van der Waals surface area contributed by atoms with E-state index in [1.165, 1.54) is 38.7 Å². The van der Waals surface area contributed by atoms with Crippen LogP contribution in [0.15, 0.2) is 85.2 Å². The summed E-state index contributed by atoms with van der Waals surface area (Å²) >= 11 is 0. The number of hydrogen-bond acceptors (Lipinski definition) is 14. The lowest BCUT2D eigenvalue weighted by Gasteiger charge is -2.26. The fraction of sp³-hybridized carbons (Fsp3) is 0.491. The molecule has 1 N–H and O–H groups in total. The molecule has 2 heterocycles. The Hall–Kier alpha value is -6.31. The first-order valence-electron chi connectivity index (χ1n) is 23.2. The molecule has 0 saturated carbocycles. The van der Waals surface area contributed by atoms with E-state index in [1.807, 2.05) is 62.4 Å². The number of nitrogens with zero attached hydrogens (tertiary/aromatic N) is 2. The SMILES string of the molecule is CCCC[C@H](c1ccccc1)[C@H](C)OC(=O)[C@H](C)CC(=O)c1nccc(OC)c1O.CCCC[C@H](c1ccccc1)[C@H](C)OC(=O)[C@H](C)CC(=O)c1nccc(OC)c1OCOC(=O)C(C)C. The van der Waals surface area contributed by atoms with Crippen molar-refractivity contribution < 1.29 is 57.5 Å². The summed E-state index contributed by atoms with van der Waals surface area (Å²) in [6, 6.07) is 23.1. The van der Waals surface area contributed by atoms with Crippen LogP contribution in [0.4, 0.5) is 0 Å². The minimum absolute atomic E-state index is 0.00208. The van der Waals surface area contributed by atoms with E-state index in [0.29, 0.717) is 0 Å². The Balaban J connectivity index is 0.000000363. The van der Waals surface area contributed by atoms with Gasteiger partial charge in [-0.2, -0.15) is 0 Å². The number of ether oxygens (including phenoxy) is 6. The van der Waals surface area contributed by atoms with Crippen LogP contribution < -0.4 is 14.2 Å². The van der Waals surface area contributed by atoms with Crippen LogP contribution in [0.3, 0.4) is 0 Å². The summed E-state index contributed by atoms with van der Waals surface area (Å²) in [7, 11) is 2.83. The van der Waals surface area contributed by atoms with Crippen molar-refractivity contribution in [1.82, 2.24) is 9.97 Å². The molecule has 0 spiro atoms. The number of ketones is 2. The van der Waals surface area contributed by atoms with Crippen molar-refractivity contribution >= 4 is 29.5 Å². The Morgan fingerprint density at radius 3 is 1.45 bits per heavy atom. The molecule has 6 atom stereocenters. The minimum Gasteiger partial charge on any atom is -0.503 e. The van der Waals surface area contributed by atoms with E-state index in [0.717, 1.165) is 49.7 Å². The average Bonchev–Trinajstić information content (AvgIpc) is 3.32. The fourth-order valence-corrected chi connectivity index (χ4v) is 7.32. The molecule has 0 aliphatic carbocycles. The Bertz CT molecular complexity index is 2160. The maximum Gasteiger partial charge on any atom is 0.311 e. The van der Waals surface area contributed by atoms with Crippen LogP contribution >= 0.6 is 0 Å². The molecule has 67 heavy (non-hydrogen) atoms. The number of esters is 3. The van der Waals surface area contributed by atoms with Crippen LogP contribution in [0.25, 0.3) is 0 Å². The molecule has 0 fully saturated rings. The predicted octanol–water partition coefficient (Wildman–Crippen LogP) is 10.7. The second kappa shape index (κ2) is 28.7. The predicted molar refractivity (Wildman–Crippen MR) is 254 cm³/mol.